The van der Waals surface area contributed by atoms with Crippen LogP contribution in [0.2, 0.25) is 0 Å². The van der Waals surface area contributed by atoms with Gasteiger partial charge in [0.15, 0.2) is 0 Å². The third kappa shape index (κ3) is 2.50. The molecule has 0 fully saturated rings. The van der Waals surface area contributed by atoms with Gasteiger partial charge in [-0.05, 0) is 24.3 Å². The highest BCUT2D eigenvalue weighted by Crippen LogP contribution is 2.35. The van der Waals surface area contributed by atoms with E-state index >= 15 is 0 Å². The first kappa shape index (κ1) is 13.3. The number of carbonyl (C=O) groups is 1. The van der Waals surface area contributed by atoms with Gasteiger partial charge in [-0.3, -0.25) is 4.79 Å². The first-order valence-corrected chi connectivity index (χ1v) is 6.65. The second-order valence-electron chi connectivity index (χ2n) is 4.85. The van der Waals surface area contributed by atoms with Gasteiger partial charge >= 0.3 is 0 Å². The fourth-order valence-electron chi connectivity index (χ4n) is 2.42. The van der Waals surface area contributed by atoms with Crippen LogP contribution in [0.15, 0.2) is 42.5 Å². The number of nitrogens with one attached hydrogen (secondary N) is 1. The van der Waals surface area contributed by atoms with Gasteiger partial charge in [0.2, 0.25) is 5.91 Å². The SMILES string of the molecule is COc1ccc(N)cc1NC(=O)C1COc2ccccc21. The van der Waals surface area contributed by atoms with Crippen molar-refractivity contribution in [2.75, 3.05) is 24.8 Å². The summed E-state index contributed by atoms with van der Waals surface area (Å²) >= 11 is 0. The number of methoxy groups -OCH3 is 1. The molecule has 2 aromatic carbocycles. The molecule has 1 unspecified atom stereocenters. The van der Waals surface area contributed by atoms with Crippen molar-refractivity contribution >= 4 is 17.3 Å². The molecular formula is C16H16N2O3. The minimum Gasteiger partial charge on any atom is -0.495 e. The van der Waals surface area contributed by atoms with Crippen molar-refractivity contribution in [2.24, 2.45) is 0 Å². The largest absolute Gasteiger partial charge is 0.495 e. The van der Waals surface area contributed by atoms with Crippen molar-refractivity contribution in [3.05, 3.63) is 48.0 Å². The summed E-state index contributed by atoms with van der Waals surface area (Å²) < 4.78 is 10.8. The highest BCUT2D eigenvalue weighted by atomic mass is 16.5. The molecule has 21 heavy (non-hydrogen) atoms. The van der Waals surface area contributed by atoms with E-state index in [0.29, 0.717) is 23.7 Å². The predicted octanol–water partition coefficient (Wildman–Crippen LogP) is 2.39. The van der Waals surface area contributed by atoms with Gasteiger partial charge in [0.25, 0.3) is 0 Å². The topological polar surface area (TPSA) is 73.6 Å². The second-order valence-corrected chi connectivity index (χ2v) is 4.85. The highest BCUT2D eigenvalue weighted by molar-refractivity contribution is 5.98. The van der Waals surface area contributed by atoms with Crippen molar-refractivity contribution in [2.45, 2.75) is 5.92 Å². The number of amides is 1. The number of nitrogens with two attached hydrogens (primary N) is 1. The number of rotatable bonds is 3. The van der Waals surface area contributed by atoms with Crippen LogP contribution in [0.4, 0.5) is 11.4 Å². The Bertz CT molecular complexity index is 685. The van der Waals surface area contributed by atoms with E-state index in [1.165, 1.54) is 0 Å². The van der Waals surface area contributed by atoms with Gasteiger partial charge in [-0.25, -0.2) is 0 Å². The van der Waals surface area contributed by atoms with Crippen molar-refractivity contribution < 1.29 is 14.3 Å². The number of anilines is 2. The summed E-state index contributed by atoms with van der Waals surface area (Å²) in [4.78, 5) is 12.5. The van der Waals surface area contributed by atoms with Gasteiger partial charge in [-0.2, -0.15) is 0 Å². The molecule has 5 heteroatoms. The molecule has 1 atom stereocenters. The Morgan fingerprint density at radius 1 is 1.33 bits per heavy atom. The van der Waals surface area contributed by atoms with Gasteiger partial charge in [-0.1, -0.05) is 18.2 Å². The predicted molar refractivity (Wildman–Crippen MR) is 80.7 cm³/mol. The number of fused-ring (bicyclic) bond motifs is 1. The van der Waals surface area contributed by atoms with Crippen LogP contribution < -0.4 is 20.5 Å². The normalized spacial score (nSPS) is 16.0. The lowest BCUT2D eigenvalue weighted by molar-refractivity contribution is -0.117. The molecule has 0 aromatic heterocycles. The maximum absolute atomic E-state index is 12.5. The highest BCUT2D eigenvalue weighted by Gasteiger charge is 2.30. The quantitative estimate of drug-likeness (QED) is 0.849. The molecule has 1 aliphatic heterocycles. The molecule has 0 spiro atoms. The van der Waals surface area contributed by atoms with Gasteiger partial charge in [-0.15, -0.1) is 0 Å². The van der Waals surface area contributed by atoms with E-state index < -0.39 is 0 Å². The van der Waals surface area contributed by atoms with Crippen molar-refractivity contribution in [3.63, 3.8) is 0 Å². The number of ether oxygens (including phenoxy) is 2. The van der Waals surface area contributed by atoms with E-state index in [2.05, 4.69) is 5.32 Å². The molecule has 0 saturated carbocycles. The number of hydrogen-bond acceptors (Lipinski definition) is 4. The molecule has 3 N–H and O–H groups in total. The smallest absolute Gasteiger partial charge is 0.235 e. The first-order valence-electron chi connectivity index (χ1n) is 6.65. The van der Waals surface area contributed by atoms with Gasteiger partial charge in [0.1, 0.15) is 24.0 Å². The van der Waals surface area contributed by atoms with Gasteiger partial charge in [0, 0.05) is 11.3 Å². The van der Waals surface area contributed by atoms with Gasteiger partial charge in [0.05, 0.1) is 12.8 Å². The molecule has 0 aliphatic carbocycles. The molecule has 5 nitrogen and oxygen atoms in total. The van der Waals surface area contributed by atoms with Gasteiger partial charge < -0.3 is 20.5 Å². The molecular weight excluding hydrogens is 268 g/mol. The van der Waals surface area contributed by atoms with Crippen LogP contribution in [-0.2, 0) is 4.79 Å². The lowest BCUT2D eigenvalue weighted by Gasteiger charge is -2.13. The standard InChI is InChI=1S/C16H16N2O3/c1-20-15-7-6-10(17)8-13(15)18-16(19)12-9-21-14-5-3-2-4-11(12)14/h2-8,12H,9,17H2,1H3,(H,18,19). The molecule has 0 saturated heterocycles. The van der Waals surface area contributed by atoms with E-state index in [1.807, 2.05) is 24.3 Å². The zero-order valence-corrected chi connectivity index (χ0v) is 11.6. The van der Waals surface area contributed by atoms with E-state index in [9.17, 15) is 4.79 Å². The summed E-state index contributed by atoms with van der Waals surface area (Å²) in [5.74, 6) is 0.873. The lowest BCUT2D eigenvalue weighted by Crippen LogP contribution is -2.22. The average molecular weight is 284 g/mol. The summed E-state index contributed by atoms with van der Waals surface area (Å²) in [5.41, 5.74) is 7.78. The second kappa shape index (κ2) is 5.36. The zero-order valence-electron chi connectivity index (χ0n) is 11.6. The van der Waals surface area contributed by atoms with Crippen molar-refractivity contribution in [1.29, 1.82) is 0 Å². The van der Waals surface area contributed by atoms with Crippen LogP contribution in [0, 0.1) is 0 Å². The Morgan fingerprint density at radius 2 is 2.14 bits per heavy atom. The monoisotopic (exact) mass is 284 g/mol. The van der Waals surface area contributed by atoms with E-state index in [-0.39, 0.29) is 11.8 Å². The van der Waals surface area contributed by atoms with Crippen LogP contribution in [0.5, 0.6) is 11.5 Å². The third-order valence-corrected chi connectivity index (χ3v) is 3.50. The molecule has 1 amide bonds. The fourth-order valence-corrected chi connectivity index (χ4v) is 2.42. The lowest BCUT2D eigenvalue weighted by atomic mass is 10.0. The maximum atomic E-state index is 12.5. The molecule has 1 aliphatic rings. The van der Waals surface area contributed by atoms with E-state index in [1.54, 1.807) is 25.3 Å². The number of carbonyl (C=O) groups excluding carboxylic acids is 1. The Balaban J connectivity index is 1.83. The van der Waals surface area contributed by atoms with Crippen LogP contribution >= 0.6 is 0 Å². The average Bonchev–Trinajstić information content (AvgIpc) is 2.91. The number of para-hydroxylation sites is 1. The molecule has 0 bridgehead atoms. The Morgan fingerprint density at radius 3 is 2.95 bits per heavy atom. The molecule has 1 heterocycles. The third-order valence-electron chi connectivity index (χ3n) is 3.50. The maximum Gasteiger partial charge on any atom is 0.235 e. The van der Waals surface area contributed by atoms with Crippen LogP contribution in [0.3, 0.4) is 0 Å². The van der Waals surface area contributed by atoms with Crippen LogP contribution in [0.1, 0.15) is 11.5 Å². The molecule has 3 rings (SSSR count). The molecule has 2 aromatic rings. The Hall–Kier alpha value is -2.69. The summed E-state index contributed by atoms with van der Waals surface area (Å²) in [6, 6.07) is 12.7. The van der Waals surface area contributed by atoms with E-state index in [4.69, 9.17) is 15.2 Å². The zero-order chi connectivity index (χ0) is 14.8. The van der Waals surface area contributed by atoms with Crippen LogP contribution in [-0.4, -0.2) is 19.6 Å². The number of benzene rings is 2. The fraction of sp³-hybridized carbons (Fsp3) is 0.188. The number of nitrogen functional groups attached to an aromatic ring is 1. The summed E-state index contributed by atoms with van der Waals surface area (Å²) in [7, 11) is 1.55. The summed E-state index contributed by atoms with van der Waals surface area (Å²) in [6.07, 6.45) is 0. The minimum absolute atomic E-state index is 0.135. The Kier molecular flexibility index (Phi) is 3.39. The van der Waals surface area contributed by atoms with Crippen LogP contribution in [0.25, 0.3) is 0 Å². The first-order chi connectivity index (χ1) is 10.2. The van der Waals surface area contributed by atoms with E-state index in [0.717, 1.165) is 11.3 Å². The summed E-state index contributed by atoms with van der Waals surface area (Å²) in [5, 5.41) is 2.86. The summed E-state index contributed by atoms with van der Waals surface area (Å²) in [6.45, 7) is 0.343. The molecule has 108 valence electrons. The van der Waals surface area contributed by atoms with Crippen molar-refractivity contribution in [1.82, 2.24) is 0 Å². The minimum atomic E-state index is -0.327. The Labute approximate surface area is 122 Å². The molecule has 0 radical (unpaired) electrons. The van der Waals surface area contributed by atoms with Crippen molar-refractivity contribution in [3.8, 4) is 11.5 Å². The number of hydrogen-bond donors (Lipinski definition) is 2.